The van der Waals surface area contributed by atoms with Crippen LogP contribution in [0, 0.1) is 13.8 Å². The van der Waals surface area contributed by atoms with Gasteiger partial charge in [0.2, 0.25) is 5.43 Å². The van der Waals surface area contributed by atoms with Crippen LogP contribution in [0.4, 0.5) is 0 Å². The van der Waals surface area contributed by atoms with E-state index in [0.29, 0.717) is 22.1 Å². The van der Waals surface area contributed by atoms with Crippen molar-refractivity contribution in [2.75, 3.05) is 0 Å². The molecule has 1 aliphatic carbocycles. The minimum atomic E-state index is -1.11. The highest BCUT2D eigenvalue weighted by atomic mass is 35.5. The number of carbonyl (C=O) groups is 1. The van der Waals surface area contributed by atoms with E-state index in [1.165, 1.54) is 24.3 Å². The van der Waals surface area contributed by atoms with Gasteiger partial charge in [-0.05, 0) is 76.3 Å². The van der Waals surface area contributed by atoms with Crippen LogP contribution in [0.1, 0.15) is 21.5 Å². The van der Waals surface area contributed by atoms with Gasteiger partial charge in [-0.2, -0.15) is 0 Å². The first-order chi connectivity index (χ1) is 17.7. The molecule has 0 fully saturated rings. The van der Waals surface area contributed by atoms with Crippen LogP contribution in [-0.4, -0.2) is 16.2 Å². The van der Waals surface area contributed by atoms with E-state index in [9.17, 15) is 19.8 Å². The molecule has 6 rings (SSSR count). The molecule has 5 nitrogen and oxygen atoms in total. The topological polar surface area (TPSA) is 87.7 Å². The highest BCUT2D eigenvalue weighted by Gasteiger charge is 2.25. The van der Waals surface area contributed by atoms with Gasteiger partial charge < -0.3 is 14.6 Å². The molecule has 0 atom stereocenters. The summed E-state index contributed by atoms with van der Waals surface area (Å²) in [5, 5.41) is 25.0. The minimum Gasteiger partial charge on any atom is -0.506 e. The van der Waals surface area contributed by atoms with E-state index >= 15 is 0 Å². The standard InChI is InChI=1S/C30H18Cl2O5/c1-13-15-5-3-4-6-16(15)14(2)18-8-20(30(35)36)19(7-17(13)18)29-21-9-23(31)25(33)11-27(21)37-28-12-26(34)24(32)10-22(28)29/h3-12,33H,1-2H3,(H,35,36). The van der Waals surface area contributed by atoms with Crippen molar-refractivity contribution in [3.05, 3.63) is 97.6 Å². The van der Waals surface area contributed by atoms with E-state index in [-0.39, 0.29) is 32.7 Å². The summed E-state index contributed by atoms with van der Waals surface area (Å²) >= 11 is 12.5. The number of aromatic hydroxyl groups is 1. The normalized spacial score (nSPS) is 11.7. The molecule has 0 aromatic heterocycles. The summed E-state index contributed by atoms with van der Waals surface area (Å²) in [5.41, 5.74) is 3.24. The quantitative estimate of drug-likeness (QED) is 0.221. The molecule has 1 heterocycles. The van der Waals surface area contributed by atoms with Gasteiger partial charge in [-0.15, -0.1) is 0 Å². The van der Waals surface area contributed by atoms with E-state index in [1.807, 2.05) is 44.2 Å². The van der Waals surface area contributed by atoms with Gasteiger partial charge in [0, 0.05) is 28.6 Å². The first kappa shape index (κ1) is 23.3. The number of phenols is 1. The first-order valence-electron chi connectivity index (χ1n) is 11.4. The minimum absolute atomic E-state index is 0.0242. The Morgan fingerprint density at radius 2 is 1.43 bits per heavy atom. The summed E-state index contributed by atoms with van der Waals surface area (Å²) in [7, 11) is 0. The van der Waals surface area contributed by atoms with Gasteiger partial charge in [0.15, 0.2) is 0 Å². The zero-order valence-corrected chi connectivity index (χ0v) is 21.2. The van der Waals surface area contributed by atoms with Crippen molar-refractivity contribution in [3.63, 3.8) is 0 Å². The zero-order chi connectivity index (χ0) is 26.2. The van der Waals surface area contributed by atoms with Crippen LogP contribution in [0.2, 0.25) is 10.0 Å². The monoisotopic (exact) mass is 528 g/mol. The van der Waals surface area contributed by atoms with Crippen molar-refractivity contribution in [1.82, 2.24) is 0 Å². The molecule has 7 heteroatoms. The number of hydrogen-bond acceptors (Lipinski definition) is 4. The molecule has 4 aromatic rings. The second kappa shape index (κ2) is 8.23. The lowest BCUT2D eigenvalue weighted by atomic mass is 9.86. The summed E-state index contributed by atoms with van der Waals surface area (Å²) in [4.78, 5) is 25.0. The zero-order valence-electron chi connectivity index (χ0n) is 19.6. The summed E-state index contributed by atoms with van der Waals surface area (Å²) in [6.07, 6.45) is 0. The van der Waals surface area contributed by atoms with E-state index < -0.39 is 11.4 Å². The average Bonchev–Trinajstić information content (AvgIpc) is 2.87. The summed E-state index contributed by atoms with van der Waals surface area (Å²) in [6.45, 7) is 4.00. The predicted octanol–water partition coefficient (Wildman–Crippen LogP) is 8.20. The molecule has 0 saturated carbocycles. The van der Waals surface area contributed by atoms with E-state index in [1.54, 1.807) is 6.07 Å². The van der Waals surface area contributed by atoms with Crippen molar-refractivity contribution in [2.24, 2.45) is 0 Å². The number of rotatable bonds is 2. The molecule has 2 aliphatic rings. The first-order valence-corrected chi connectivity index (χ1v) is 12.2. The summed E-state index contributed by atoms with van der Waals surface area (Å²) in [5.74, 6) is -1.10. The van der Waals surface area contributed by atoms with Crippen molar-refractivity contribution in [3.8, 4) is 28.2 Å². The third kappa shape index (κ3) is 3.46. The Kier molecular flexibility index (Phi) is 5.19. The lowest BCUT2D eigenvalue weighted by molar-refractivity contribution is 0.0698. The van der Waals surface area contributed by atoms with Crippen molar-refractivity contribution in [1.29, 1.82) is 0 Å². The smallest absolute Gasteiger partial charge is 0.336 e. The molecule has 182 valence electrons. The Hall–Kier alpha value is -4.06. The van der Waals surface area contributed by atoms with Crippen LogP contribution < -0.4 is 5.43 Å². The van der Waals surface area contributed by atoms with E-state index in [4.69, 9.17) is 27.6 Å². The number of fused-ring (bicyclic) bond motifs is 4. The number of phenolic OH excluding ortho intramolecular Hbond substituents is 1. The highest BCUT2D eigenvalue weighted by Crippen LogP contribution is 2.46. The van der Waals surface area contributed by atoms with Gasteiger partial charge in [-0.1, -0.05) is 47.5 Å². The Labute approximate surface area is 220 Å². The van der Waals surface area contributed by atoms with Gasteiger partial charge in [-0.3, -0.25) is 4.79 Å². The fourth-order valence-electron chi connectivity index (χ4n) is 5.22. The van der Waals surface area contributed by atoms with Gasteiger partial charge in [0.1, 0.15) is 17.1 Å². The molecule has 0 radical (unpaired) electrons. The van der Waals surface area contributed by atoms with Crippen molar-refractivity contribution >= 4 is 61.7 Å². The molecule has 0 spiro atoms. The number of carboxylic acid groups (broad SMARTS) is 1. The number of benzene rings is 5. The predicted molar refractivity (Wildman–Crippen MR) is 148 cm³/mol. The maximum absolute atomic E-state index is 12.6. The number of hydrogen-bond donors (Lipinski definition) is 2. The fourth-order valence-corrected chi connectivity index (χ4v) is 5.55. The maximum atomic E-state index is 12.6. The molecule has 0 amide bonds. The molecule has 0 bridgehead atoms. The van der Waals surface area contributed by atoms with Crippen LogP contribution in [0.5, 0.6) is 5.75 Å². The third-order valence-electron chi connectivity index (χ3n) is 7.04. The third-order valence-corrected chi connectivity index (χ3v) is 7.64. The number of aromatic carboxylic acids is 1. The average molecular weight is 529 g/mol. The maximum Gasteiger partial charge on any atom is 0.336 e. The van der Waals surface area contributed by atoms with Crippen LogP contribution in [0.3, 0.4) is 0 Å². The molecular formula is C30H18Cl2O5. The van der Waals surface area contributed by atoms with E-state index in [0.717, 1.165) is 32.7 Å². The van der Waals surface area contributed by atoms with Crippen molar-refractivity contribution in [2.45, 2.75) is 13.8 Å². The molecule has 4 aromatic carbocycles. The second-order valence-corrected chi connectivity index (χ2v) is 9.91. The molecule has 2 N–H and O–H groups in total. The molecule has 37 heavy (non-hydrogen) atoms. The molecule has 0 saturated heterocycles. The Morgan fingerprint density at radius 3 is 2.08 bits per heavy atom. The Bertz CT molecular complexity index is 1990. The lowest BCUT2D eigenvalue weighted by Crippen LogP contribution is -2.05. The van der Waals surface area contributed by atoms with Crippen molar-refractivity contribution < 1.29 is 19.4 Å². The number of aryl methyl sites for hydroxylation is 2. The van der Waals surface area contributed by atoms with Crippen LogP contribution in [0.15, 0.2) is 69.9 Å². The van der Waals surface area contributed by atoms with Crippen LogP contribution in [0.25, 0.3) is 55.0 Å². The largest absolute Gasteiger partial charge is 0.506 e. The summed E-state index contributed by atoms with van der Waals surface area (Å²) in [6, 6.07) is 17.2. The van der Waals surface area contributed by atoms with Crippen LogP contribution in [-0.2, 0) is 0 Å². The SMILES string of the molecule is Cc1c2ccccc2c(C)c2cc(-c3c4cc(Cl)c(=O)cc-4oc4cc(O)c(Cl)cc34)c(C(=O)O)cc12. The van der Waals surface area contributed by atoms with E-state index in [2.05, 4.69) is 0 Å². The van der Waals surface area contributed by atoms with Gasteiger partial charge in [0.05, 0.1) is 15.6 Å². The second-order valence-electron chi connectivity index (χ2n) is 9.10. The summed E-state index contributed by atoms with van der Waals surface area (Å²) < 4.78 is 5.94. The molecular weight excluding hydrogens is 511 g/mol. The van der Waals surface area contributed by atoms with Crippen LogP contribution >= 0.6 is 23.2 Å². The fraction of sp³-hybridized carbons (Fsp3) is 0.0667. The molecule has 0 unspecified atom stereocenters. The molecule has 1 aliphatic heterocycles. The van der Waals surface area contributed by atoms with Gasteiger partial charge in [0.25, 0.3) is 0 Å². The highest BCUT2D eigenvalue weighted by molar-refractivity contribution is 6.33. The lowest BCUT2D eigenvalue weighted by Gasteiger charge is -2.20. The number of halogens is 2. The number of carboxylic acids is 1. The Balaban J connectivity index is 1.86. The van der Waals surface area contributed by atoms with Gasteiger partial charge >= 0.3 is 5.97 Å². The Morgan fingerprint density at radius 1 is 0.784 bits per heavy atom. The van der Waals surface area contributed by atoms with Gasteiger partial charge in [-0.25, -0.2) is 4.79 Å².